The molecule has 5 nitrogen and oxygen atoms in total. The quantitative estimate of drug-likeness (QED) is 0.345. The number of hydrogen-bond acceptors (Lipinski definition) is 4. The lowest BCUT2D eigenvalue weighted by Crippen LogP contribution is -2.19. The maximum Gasteiger partial charge on any atom is 0.273 e. The molecule has 4 N–H and O–H groups in total. The van der Waals surface area contributed by atoms with Gasteiger partial charge in [0.25, 0.3) is 5.91 Å². The van der Waals surface area contributed by atoms with Crippen LogP contribution in [0.3, 0.4) is 0 Å². The predicted octanol–water partition coefficient (Wildman–Crippen LogP) is 2.05. The minimum absolute atomic E-state index is 0.0375. The Morgan fingerprint density at radius 3 is 2.65 bits per heavy atom. The second-order valence-electron chi connectivity index (χ2n) is 4.35. The minimum atomic E-state index is -0.471. The summed E-state index contributed by atoms with van der Waals surface area (Å²) < 4.78 is 0. The maximum absolute atomic E-state index is 11.8. The Hall–Kier alpha value is -2.82. The molecule has 102 valence electrons. The fourth-order valence-corrected chi connectivity index (χ4v) is 1.63. The summed E-state index contributed by atoms with van der Waals surface area (Å²) in [5, 5.41) is 13.3. The van der Waals surface area contributed by atoms with Crippen molar-refractivity contribution in [1.29, 1.82) is 0 Å². The van der Waals surface area contributed by atoms with E-state index in [2.05, 4.69) is 10.5 Å². The number of nitrogen functional groups attached to an aromatic ring is 1. The van der Waals surface area contributed by atoms with Crippen molar-refractivity contribution in [2.75, 3.05) is 5.73 Å². The van der Waals surface area contributed by atoms with E-state index in [1.54, 1.807) is 6.07 Å². The van der Waals surface area contributed by atoms with E-state index in [9.17, 15) is 9.90 Å². The number of nitrogens with zero attached hydrogens (tertiary/aromatic N) is 1. The van der Waals surface area contributed by atoms with Crippen molar-refractivity contribution in [3.05, 3.63) is 59.2 Å². The summed E-state index contributed by atoms with van der Waals surface area (Å²) in [6.45, 7) is 1.99. The van der Waals surface area contributed by atoms with Crippen molar-refractivity contribution < 1.29 is 9.90 Å². The molecule has 0 spiro atoms. The van der Waals surface area contributed by atoms with Gasteiger partial charge in [0.05, 0.1) is 17.5 Å². The number of amides is 1. The second kappa shape index (κ2) is 5.88. The van der Waals surface area contributed by atoms with E-state index in [1.807, 2.05) is 31.2 Å². The summed E-state index contributed by atoms with van der Waals surface area (Å²) in [6.07, 6.45) is 1.54. The van der Waals surface area contributed by atoms with Gasteiger partial charge in [0.15, 0.2) is 0 Å². The van der Waals surface area contributed by atoms with Crippen LogP contribution in [0.15, 0.2) is 47.6 Å². The lowest BCUT2D eigenvalue weighted by molar-refractivity contribution is 0.0955. The van der Waals surface area contributed by atoms with E-state index in [0.717, 1.165) is 11.1 Å². The van der Waals surface area contributed by atoms with E-state index in [4.69, 9.17) is 5.73 Å². The third-order valence-corrected chi connectivity index (χ3v) is 2.78. The summed E-state index contributed by atoms with van der Waals surface area (Å²) in [5.74, 6) is -0.595. The van der Waals surface area contributed by atoms with E-state index in [1.165, 1.54) is 18.3 Å². The number of carbonyl (C=O) groups excluding carboxylic acids is 1. The first kappa shape index (κ1) is 13.6. The number of carbonyl (C=O) groups is 1. The summed E-state index contributed by atoms with van der Waals surface area (Å²) >= 11 is 0. The van der Waals surface area contributed by atoms with Crippen molar-refractivity contribution in [1.82, 2.24) is 5.43 Å². The van der Waals surface area contributed by atoms with Crippen LogP contribution in [-0.2, 0) is 0 Å². The van der Waals surface area contributed by atoms with Gasteiger partial charge >= 0.3 is 0 Å². The summed E-state index contributed by atoms with van der Waals surface area (Å²) in [7, 11) is 0. The highest BCUT2D eigenvalue weighted by Gasteiger charge is 2.10. The van der Waals surface area contributed by atoms with Crippen molar-refractivity contribution in [2.24, 2.45) is 5.10 Å². The van der Waals surface area contributed by atoms with Crippen LogP contribution in [0.2, 0.25) is 0 Å². The lowest BCUT2D eigenvalue weighted by Gasteiger charge is -2.05. The van der Waals surface area contributed by atoms with Gasteiger partial charge in [-0.2, -0.15) is 5.10 Å². The highest BCUT2D eigenvalue weighted by atomic mass is 16.3. The van der Waals surface area contributed by atoms with Gasteiger partial charge < -0.3 is 10.8 Å². The van der Waals surface area contributed by atoms with Gasteiger partial charge in [0, 0.05) is 0 Å². The number of benzene rings is 2. The van der Waals surface area contributed by atoms with Gasteiger partial charge in [0.1, 0.15) is 5.75 Å². The van der Waals surface area contributed by atoms with Crippen LogP contribution in [0.1, 0.15) is 21.5 Å². The first-order chi connectivity index (χ1) is 9.58. The largest absolute Gasteiger partial charge is 0.506 e. The molecule has 0 unspecified atom stereocenters. The van der Waals surface area contributed by atoms with E-state index < -0.39 is 5.91 Å². The SMILES string of the molecule is Cc1ccc(/C=N/NC(=O)c2cccc(O)c2N)cc1. The Bertz CT molecular complexity index is 649. The molecule has 20 heavy (non-hydrogen) atoms. The molecule has 2 aromatic rings. The number of phenolic OH excluding ortho intramolecular Hbond substituents is 1. The first-order valence-electron chi connectivity index (χ1n) is 6.05. The van der Waals surface area contributed by atoms with Crippen molar-refractivity contribution in [3.8, 4) is 5.75 Å². The number of hydrazone groups is 1. The topological polar surface area (TPSA) is 87.7 Å². The summed E-state index contributed by atoms with van der Waals surface area (Å²) in [5.41, 5.74) is 10.2. The zero-order valence-corrected chi connectivity index (χ0v) is 11.0. The van der Waals surface area contributed by atoms with Crippen LogP contribution in [0.4, 0.5) is 5.69 Å². The van der Waals surface area contributed by atoms with Crippen LogP contribution >= 0.6 is 0 Å². The Kier molecular flexibility index (Phi) is 4.00. The average Bonchev–Trinajstić information content (AvgIpc) is 2.44. The highest BCUT2D eigenvalue weighted by Crippen LogP contribution is 2.23. The van der Waals surface area contributed by atoms with E-state index in [-0.39, 0.29) is 17.0 Å². The van der Waals surface area contributed by atoms with Crippen molar-refractivity contribution >= 4 is 17.8 Å². The average molecular weight is 269 g/mol. The van der Waals surface area contributed by atoms with Crippen molar-refractivity contribution in [2.45, 2.75) is 6.92 Å². The second-order valence-corrected chi connectivity index (χ2v) is 4.35. The van der Waals surface area contributed by atoms with Gasteiger partial charge in [-0.3, -0.25) is 4.79 Å². The number of nitrogens with one attached hydrogen (secondary N) is 1. The van der Waals surface area contributed by atoms with Gasteiger partial charge in [-0.15, -0.1) is 0 Å². The monoisotopic (exact) mass is 269 g/mol. The van der Waals surface area contributed by atoms with E-state index in [0.29, 0.717) is 0 Å². The lowest BCUT2D eigenvalue weighted by atomic mass is 10.1. The highest BCUT2D eigenvalue weighted by molar-refractivity contribution is 6.00. The summed E-state index contributed by atoms with van der Waals surface area (Å²) in [4.78, 5) is 11.8. The Balaban J connectivity index is 2.05. The van der Waals surface area contributed by atoms with Gasteiger partial charge in [0.2, 0.25) is 0 Å². The molecule has 0 aliphatic heterocycles. The molecule has 0 saturated carbocycles. The number of aromatic hydroxyl groups is 1. The standard InChI is InChI=1S/C15H15N3O2/c1-10-5-7-11(8-6-10)9-17-18-15(20)12-3-2-4-13(19)14(12)16/h2-9,19H,16H2,1H3,(H,18,20)/b17-9+. The van der Waals surface area contributed by atoms with Crippen LogP contribution in [0, 0.1) is 6.92 Å². The molecule has 2 aromatic carbocycles. The number of para-hydroxylation sites is 1. The Labute approximate surface area is 116 Å². The van der Waals surface area contributed by atoms with Crippen LogP contribution in [0.5, 0.6) is 5.75 Å². The fourth-order valence-electron chi connectivity index (χ4n) is 1.63. The Morgan fingerprint density at radius 1 is 1.25 bits per heavy atom. The number of aryl methyl sites for hydroxylation is 1. The summed E-state index contributed by atoms with van der Waals surface area (Å²) in [6, 6.07) is 12.2. The number of hydrogen-bond donors (Lipinski definition) is 3. The molecular weight excluding hydrogens is 254 g/mol. The first-order valence-corrected chi connectivity index (χ1v) is 6.05. The predicted molar refractivity (Wildman–Crippen MR) is 78.8 cm³/mol. The van der Waals surface area contributed by atoms with Crippen molar-refractivity contribution in [3.63, 3.8) is 0 Å². The minimum Gasteiger partial charge on any atom is -0.506 e. The van der Waals surface area contributed by atoms with Gasteiger partial charge in [-0.05, 0) is 24.6 Å². The van der Waals surface area contributed by atoms with Crippen LogP contribution < -0.4 is 11.2 Å². The number of phenols is 1. The number of anilines is 1. The Morgan fingerprint density at radius 2 is 1.95 bits per heavy atom. The molecule has 5 heteroatoms. The molecule has 0 aromatic heterocycles. The van der Waals surface area contributed by atoms with E-state index >= 15 is 0 Å². The molecule has 0 atom stereocenters. The molecular formula is C15H15N3O2. The van der Waals surface area contributed by atoms with Crippen LogP contribution in [0.25, 0.3) is 0 Å². The third kappa shape index (κ3) is 3.14. The molecule has 0 aliphatic carbocycles. The zero-order chi connectivity index (χ0) is 14.5. The molecule has 0 bridgehead atoms. The number of nitrogens with two attached hydrogens (primary N) is 1. The molecule has 0 radical (unpaired) electrons. The molecule has 1 amide bonds. The fraction of sp³-hybridized carbons (Fsp3) is 0.0667. The zero-order valence-electron chi connectivity index (χ0n) is 11.0. The molecule has 2 rings (SSSR count). The van der Waals surface area contributed by atoms with Gasteiger partial charge in [-0.25, -0.2) is 5.43 Å². The van der Waals surface area contributed by atoms with Crippen LogP contribution in [-0.4, -0.2) is 17.2 Å². The molecule has 0 aliphatic rings. The van der Waals surface area contributed by atoms with Gasteiger partial charge in [-0.1, -0.05) is 35.9 Å². The number of rotatable bonds is 3. The molecule has 0 saturated heterocycles. The maximum atomic E-state index is 11.8. The third-order valence-electron chi connectivity index (χ3n) is 2.78. The molecule has 0 fully saturated rings. The molecule has 0 heterocycles. The normalized spacial score (nSPS) is 10.7. The smallest absolute Gasteiger partial charge is 0.273 e.